The monoisotopic (exact) mass is 674 g/mol. The number of carbonyl (C=O) groups excluding carboxylic acids is 1. The van der Waals surface area contributed by atoms with Gasteiger partial charge in [0.05, 0.1) is 35.4 Å². The van der Waals surface area contributed by atoms with E-state index in [1.165, 1.54) is 0 Å². The maximum atomic E-state index is 17.1. The Morgan fingerprint density at radius 3 is 2.86 bits per heavy atom. The first-order chi connectivity index (χ1) is 23.5. The number of anilines is 1. The third-order valence-electron chi connectivity index (χ3n) is 11.1. The van der Waals surface area contributed by atoms with Crippen LogP contribution in [-0.4, -0.2) is 109 Å². The number of aromatic nitrogens is 5. The molecule has 5 atom stereocenters. The first-order valence-corrected chi connectivity index (χ1v) is 17.3. The molecule has 4 aromatic rings. The zero-order valence-electron chi connectivity index (χ0n) is 28.1. The summed E-state index contributed by atoms with van der Waals surface area (Å²) in [6.07, 6.45) is 4.13. The number of alkyl halides is 1. The Morgan fingerprint density at radius 2 is 2.02 bits per heavy atom. The molecule has 14 heteroatoms. The highest BCUT2D eigenvalue weighted by Crippen LogP contribution is 2.46. The number of aryl methyl sites for hydroxylation is 1. The molecule has 2 bridgehead atoms. The SMILES string of the molecule is Cc1ccc2[nH]ncc2c1-c1nc2c3c(nc(OC[C@@]45CCCN4C[C@H](F)C5)nc3c1F)N1C[C@H]3CC[C@@H]([C@H]1CO2)N3C(=O)OC(C)(C)C. The summed E-state index contributed by atoms with van der Waals surface area (Å²) < 4.78 is 50.4. The maximum absolute atomic E-state index is 17.1. The number of aromatic amines is 1. The Kier molecular flexibility index (Phi) is 6.79. The normalized spacial score (nSPS) is 27.7. The molecular formula is C35H40F2N8O4. The van der Waals surface area contributed by atoms with Crippen LogP contribution in [0.25, 0.3) is 33.1 Å². The van der Waals surface area contributed by atoms with Gasteiger partial charge in [-0.1, -0.05) is 6.07 Å². The van der Waals surface area contributed by atoms with Crippen LogP contribution in [0.4, 0.5) is 19.4 Å². The van der Waals surface area contributed by atoms with Crippen molar-refractivity contribution in [1.82, 2.24) is 34.9 Å². The molecule has 12 nitrogen and oxygen atoms in total. The van der Waals surface area contributed by atoms with Crippen molar-refractivity contribution in [2.24, 2.45) is 0 Å². The van der Waals surface area contributed by atoms with Crippen molar-refractivity contribution in [2.45, 2.75) is 95.2 Å². The average molecular weight is 675 g/mol. The lowest BCUT2D eigenvalue weighted by Crippen LogP contribution is -2.63. The van der Waals surface area contributed by atoms with E-state index in [-0.39, 0.29) is 60.5 Å². The number of pyridine rings is 1. The minimum atomic E-state index is -0.914. The van der Waals surface area contributed by atoms with Gasteiger partial charge in [0.15, 0.2) is 5.82 Å². The van der Waals surface area contributed by atoms with Crippen molar-refractivity contribution in [2.75, 3.05) is 37.7 Å². The maximum Gasteiger partial charge on any atom is 0.410 e. The van der Waals surface area contributed by atoms with E-state index in [9.17, 15) is 9.18 Å². The van der Waals surface area contributed by atoms with Gasteiger partial charge in [0, 0.05) is 30.5 Å². The molecule has 8 heterocycles. The number of carbonyl (C=O) groups is 1. The smallest absolute Gasteiger partial charge is 0.410 e. The van der Waals surface area contributed by atoms with Crippen LogP contribution in [0.5, 0.6) is 11.9 Å². The van der Waals surface area contributed by atoms with Crippen LogP contribution >= 0.6 is 0 Å². The molecule has 49 heavy (non-hydrogen) atoms. The summed E-state index contributed by atoms with van der Waals surface area (Å²) in [5.74, 6) is 0.0652. The standard InChI is InChI=1S/C35H40F2N8O4/c1-18-6-8-22-21(13-38-42-22)25(18)28-27(37)29-26-30(41-32(40-29)48-17-35-10-5-11-43(35)14-19(36)12-35)44-15-20-7-9-23(24(44)16-47-31(26)39-28)45(20)33(46)49-34(2,3)4/h6,8,13,19-20,23-24H,5,7,9-12,14-17H2,1-4H3,(H,38,42)/t19-,20-,23+,24-,35+/m1/s1. The largest absolute Gasteiger partial charge is 0.475 e. The van der Waals surface area contributed by atoms with Crippen LogP contribution in [0.15, 0.2) is 18.3 Å². The third kappa shape index (κ3) is 4.80. The summed E-state index contributed by atoms with van der Waals surface area (Å²) in [6.45, 7) is 9.55. The Morgan fingerprint density at radius 1 is 1.16 bits per heavy atom. The van der Waals surface area contributed by atoms with E-state index >= 15 is 4.39 Å². The molecule has 0 radical (unpaired) electrons. The first-order valence-electron chi connectivity index (χ1n) is 17.3. The van der Waals surface area contributed by atoms with E-state index in [0.29, 0.717) is 36.3 Å². The minimum absolute atomic E-state index is 0.0221. The zero-order chi connectivity index (χ0) is 33.8. The molecule has 4 saturated heterocycles. The Labute approximate surface area is 282 Å². The van der Waals surface area contributed by atoms with E-state index in [4.69, 9.17) is 29.2 Å². The van der Waals surface area contributed by atoms with Crippen molar-refractivity contribution in [3.8, 4) is 23.1 Å². The number of nitrogens with one attached hydrogen (secondary N) is 1. The summed E-state index contributed by atoms with van der Waals surface area (Å²) in [5, 5.41) is 8.25. The fourth-order valence-corrected chi connectivity index (χ4v) is 8.98. The van der Waals surface area contributed by atoms with Gasteiger partial charge in [-0.25, -0.2) is 18.6 Å². The molecule has 9 rings (SSSR count). The van der Waals surface area contributed by atoms with Crippen LogP contribution in [0, 0.1) is 12.7 Å². The minimum Gasteiger partial charge on any atom is -0.475 e. The number of rotatable bonds is 4. The number of hydrogen-bond donors (Lipinski definition) is 1. The summed E-state index contributed by atoms with van der Waals surface area (Å²) in [6, 6.07) is 3.18. The predicted octanol–water partition coefficient (Wildman–Crippen LogP) is 5.32. The number of nitrogens with zero attached hydrogens (tertiary/aromatic N) is 7. The molecule has 0 unspecified atom stereocenters. The summed E-state index contributed by atoms with van der Waals surface area (Å²) >= 11 is 0. The number of H-pyrrole nitrogens is 1. The van der Waals surface area contributed by atoms with Gasteiger partial charge in [-0.2, -0.15) is 15.1 Å². The lowest BCUT2D eigenvalue weighted by molar-refractivity contribution is 0.00538. The van der Waals surface area contributed by atoms with Crippen LogP contribution in [0.2, 0.25) is 0 Å². The number of piperazine rings is 1. The van der Waals surface area contributed by atoms with E-state index < -0.39 is 23.1 Å². The van der Waals surface area contributed by atoms with Gasteiger partial charge in [-0.3, -0.25) is 14.9 Å². The molecular weight excluding hydrogens is 634 g/mol. The Hall–Kier alpha value is -4.33. The first kappa shape index (κ1) is 30.7. The molecule has 1 aromatic carbocycles. The van der Waals surface area contributed by atoms with Crippen molar-refractivity contribution in [1.29, 1.82) is 0 Å². The molecule has 4 fully saturated rings. The van der Waals surface area contributed by atoms with Gasteiger partial charge in [0.2, 0.25) is 5.88 Å². The Bertz CT molecular complexity index is 2000. The second-order valence-corrected chi connectivity index (χ2v) is 15.3. The molecule has 0 spiro atoms. The van der Waals surface area contributed by atoms with Crippen molar-refractivity contribution >= 4 is 33.7 Å². The van der Waals surface area contributed by atoms with Gasteiger partial charge in [0.25, 0.3) is 0 Å². The van der Waals surface area contributed by atoms with Gasteiger partial charge < -0.3 is 19.1 Å². The number of amides is 1. The molecule has 1 amide bonds. The molecule has 3 aromatic heterocycles. The van der Waals surface area contributed by atoms with E-state index in [1.807, 2.05) is 44.7 Å². The Balaban J connectivity index is 1.18. The third-order valence-corrected chi connectivity index (χ3v) is 11.1. The van der Waals surface area contributed by atoms with Crippen LogP contribution in [0.1, 0.15) is 58.4 Å². The molecule has 5 aliphatic heterocycles. The number of halogens is 2. The topological polar surface area (TPSA) is 122 Å². The van der Waals surface area contributed by atoms with Gasteiger partial charge >= 0.3 is 12.1 Å². The van der Waals surface area contributed by atoms with Crippen LogP contribution < -0.4 is 14.4 Å². The van der Waals surface area contributed by atoms with Gasteiger partial charge in [-0.15, -0.1) is 0 Å². The molecule has 0 aliphatic carbocycles. The summed E-state index contributed by atoms with van der Waals surface area (Å²) in [7, 11) is 0. The molecule has 5 aliphatic rings. The van der Waals surface area contributed by atoms with Crippen molar-refractivity contribution in [3.63, 3.8) is 0 Å². The average Bonchev–Trinajstić information content (AvgIpc) is 3.79. The second kappa shape index (κ2) is 10.8. The predicted molar refractivity (Wildman–Crippen MR) is 177 cm³/mol. The fourth-order valence-electron chi connectivity index (χ4n) is 8.98. The van der Waals surface area contributed by atoms with Crippen LogP contribution in [-0.2, 0) is 4.74 Å². The fraction of sp³-hybridized carbons (Fsp3) is 0.571. The summed E-state index contributed by atoms with van der Waals surface area (Å²) in [4.78, 5) is 34.1. The van der Waals surface area contributed by atoms with E-state index in [0.717, 1.165) is 48.7 Å². The number of fused-ring (bicyclic) bond motifs is 7. The summed E-state index contributed by atoms with van der Waals surface area (Å²) in [5.41, 5.74) is 1.21. The number of hydrogen-bond acceptors (Lipinski definition) is 10. The quantitative estimate of drug-likeness (QED) is 0.305. The lowest BCUT2D eigenvalue weighted by Gasteiger charge is -2.46. The van der Waals surface area contributed by atoms with Crippen LogP contribution in [0.3, 0.4) is 0 Å². The number of benzene rings is 1. The highest BCUT2D eigenvalue weighted by Gasteiger charge is 2.52. The lowest BCUT2D eigenvalue weighted by atomic mass is 9.95. The highest BCUT2D eigenvalue weighted by molar-refractivity contribution is 6.01. The molecule has 1 N–H and O–H groups in total. The zero-order valence-corrected chi connectivity index (χ0v) is 28.1. The van der Waals surface area contributed by atoms with E-state index in [1.54, 1.807) is 6.20 Å². The highest BCUT2D eigenvalue weighted by atomic mass is 19.1. The second-order valence-electron chi connectivity index (χ2n) is 15.3. The van der Waals surface area contributed by atoms with Gasteiger partial charge in [0.1, 0.15) is 47.4 Å². The number of ether oxygens (including phenoxy) is 3. The van der Waals surface area contributed by atoms with Crippen molar-refractivity contribution < 1.29 is 27.8 Å². The van der Waals surface area contributed by atoms with Gasteiger partial charge in [-0.05, 0) is 71.6 Å². The van der Waals surface area contributed by atoms with E-state index in [2.05, 4.69) is 20.0 Å². The molecule has 258 valence electrons. The van der Waals surface area contributed by atoms with Crippen molar-refractivity contribution in [3.05, 3.63) is 29.7 Å². The molecule has 0 saturated carbocycles.